The summed E-state index contributed by atoms with van der Waals surface area (Å²) in [5.74, 6) is -2.29. The first-order valence-electron chi connectivity index (χ1n) is 13.9. The molecule has 3 aliphatic heterocycles. The predicted octanol–water partition coefficient (Wildman–Crippen LogP) is 3.63. The molecule has 3 rings (SSSR count). The van der Waals surface area contributed by atoms with Crippen LogP contribution in [0.15, 0.2) is 25.3 Å². The van der Waals surface area contributed by atoms with Crippen LogP contribution in [0, 0.1) is 11.8 Å². The van der Waals surface area contributed by atoms with E-state index >= 15 is 0 Å². The van der Waals surface area contributed by atoms with Gasteiger partial charge >= 0.3 is 5.97 Å². The van der Waals surface area contributed by atoms with Gasteiger partial charge in [-0.2, -0.15) is 0 Å². The molecule has 5 atom stereocenters. The SMILES string of the molecule is C=CCCCCOC(=O)[C@H]1[C@H]2C(=O)N(CCCCO)C(C(=O)N(CC=C)C(C)(C)C)C23CC[C@]1(CC)O3. The number of unbranched alkanes of at least 4 members (excludes halogenated alkanes) is 3. The van der Waals surface area contributed by atoms with Gasteiger partial charge in [-0.05, 0) is 72.1 Å². The summed E-state index contributed by atoms with van der Waals surface area (Å²) in [5.41, 5.74) is -2.37. The smallest absolute Gasteiger partial charge is 0.312 e. The van der Waals surface area contributed by atoms with Gasteiger partial charge in [0.15, 0.2) is 0 Å². The third-order valence-corrected chi connectivity index (χ3v) is 8.41. The van der Waals surface area contributed by atoms with Gasteiger partial charge in [0.1, 0.15) is 17.6 Å². The lowest BCUT2D eigenvalue weighted by molar-refractivity contribution is -0.162. The molecule has 37 heavy (non-hydrogen) atoms. The first-order chi connectivity index (χ1) is 17.5. The first kappa shape index (κ1) is 29.4. The Balaban J connectivity index is 1.99. The monoisotopic (exact) mass is 518 g/mol. The zero-order valence-electron chi connectivity index (χ0n) is 23.2. The zero-order valence-corrected chi connectivity index (χ0v) is 23.2. The Labute approximate surface area is 222 Å². The number of aliphatic hydroxyl groups excluding tert-OH is 1. The van der Waals surface area contributed by atoms with Crippen LogP contribution < -0.4 is 0 Å². The molecular formula is C29H46N2O6. The normalized spacial score (nSPS) is 30.4. The summed E-state index contributed by atoms with van der Waals surface area (Å²) in [6.07, 6.45) is 8.79. The minimum Gasteiger partial charge on any atom is -0.465 e. The van der Waals surface area contributed by atoms with E-state index in [1.54, 1.807) is 15.9 Å². The van der Waals surface area contributed by atoms with Gasteiger partial charge in [0.25, 0.3) is 0 Å². The van der Waals surface area contributed by atoms with Crippen LogP contribution in [-0.2, 0) is 23.9 Å². The molecule has 2 unspecified atom stereocenters. The number of fused-ring (bicyclic) bond motifs is 1. The van der Waals surface area contributed by atoms with E-state index in [-0.39, 0.29) is 25.0 Å². The lowest BCUT2D eigenvalue weighted by Gasteiger charge is -2.42. The Morgan fingerprint density at radius 1 is 1.19 bits per heavy atom. The van der Waals surface area contributed by atoms with Crippen LogP contribution in [0.1, 0.15) is 79.1 Å². The number of likely N-dealkylation sites (tertiary alicyclic amines) is 1. The van der Waals surface area contributed by atoms with Crippen LogP contribution in [0.2, 0.25) is 0 Å². The molecule has 3 saturated heterocycles. The van der Waals surface area contributed by atoms with Crippen LogP contribution in [0.4, 0.5) is 0 Å². The van der Waals surface area contributed by atoms with Gasteiger partial charge in [-0.15, -0.1) is 13.2 Å². The summed E-state index contributed by atoms with van der Waals surface area (Å²) in [6.45, 7) is 16.4. The molecule has 0 aliphatic carbocycles. The molecule has 3 fully saturated rings. The van der Waals surface area contributed by atoms with E-state index in [1.165, 1.54) is 0 Å². The summed E-state index contributed by atoms with van der Waals surface area (Å²) >= 11 is 0. The molecule has 1 N–H and O–H groups in total. The second-order valence-electron chi connectivity index (χ2n) is 11.7. The standard InChI is InChI=1S/C29H46N2O6/c1-7-10-11-14-20-36-26(35)22-21-24(33)30(18-12-13-19-32)23(25(34)31(17-8-2)27(4,5)6)29(21)16-15-28(22,9-3)37-29/h7-8,21-23,32H,1-2,9-20H2,3-6H3/t21-,22+,23?,28-,29?/m0/s1. The van der Waals surface area contributed by atoms with Gasteiger partial charge in [0.2, 0.25) is 11.8 Å². The molecule has 208 valence electrons. The Morgan fingerprint density at radius 2 is 1.92 bits per heavy atom. The van der Waals surface area contributed by atoms with Gasteiger partial charge < -0.3 is 24.4 Å². The maximum absolute atomic E-state index is 14.3. The van der Waals surface area contributed by atoms with Crippen molar-refractivity contribution in [1.29, 1.82) is 0 Å². The van der Waals surface area contributed by atoms with Crippen molar-refractivity contribution in [3.8, 4) is 0 Å². The molecule has 3 aliphatic rings. The molecule has 2 amide bonds. The van der Waals surface area contributed by atoms with Crippen molar-refractivity contribution in [2.45, 2.75) is 102 Å². The van der Waals surface area contributed by atoms with E-state index < -0.39 is 40.6 Å². The zero-order chi connectivity index (χ0) is 27.4. The van der Waals surface area contributed by atoms with Gasteiger partial charge in [0, 0.05) is 25.2 Å². The van der Waals surface area contributed by atoms with E-state index in [2.05, 4.69) is 13.2 Å². The van der Waals surface area contributed by atoms with Gasteiger partial charge in [-0.1, -0.05) is 19.1 Å². The minimum absolute atomic E-state index is 0.00997. The molecule has 0 radical (unpaired) electrons. The summed E-state index contributed by atoms with van der Waals surface area (Å²) in [6, 6.07) is -0.832. The van der Waals surface area contributed by atoms with Crippen molar-refractivity contribution < 1.29 is 29.0 Å². The highest BCUT2D eigenvalue weighted by Crippen LogP contribution is 2.64. The number of carbonyl (C=O) groups excluding carboxylic acids is 3. The van der Waals surface area contributed by atoms with Crippen LogP contribution >= 0.6 is 0 Å². The van der Waals surface area contributed by atoms with E-state index in [1.807, 2.05) is 33.8 Å². The van der Waals surface area contributed by atoms with Gasteiger partial charge in [0.05, 0.1) is 18.1 Å². The molecule has 0 aromatic rings. The van der Waals surface area contributed by atoms with E-state index in [4.69, 9.17) is 9.47 Å². The summed E-state index contributed by atoms with van der Waals surface area (Å²) < 4.78 is 12.5. The molecule has 3 heterocycles. The molecule has 1 spiro atoms. The number of allylic oxidation sites excluding steroid dienone is 1. The van der Waals surface area contributed by atoms with Crippen LogP contribution in [0.25, 0.3) is 0 Å². The second kappa shape index (κ2) is 11.7. The van der Waals surface area contributed by atoms with E-state index in [0.717, 1.165) is 19.3 Å². The molecule has 0 aromatic carbocycles. The largest absolute Gasteiger partial charge is 0.465 e. The number of esters is 1. The number of rotatable bonds is 14. The van der Waals surface area contributed by atoms with Crippen LogP contribution in [-0.4, -0.2) is 81.8 Å². The lowest BCUT2D eigenvalue weighted by Crippen LogP contribution is -2.60. The Hall–Kier alpha value is -2.19. The van der Waals surface area contributed by atoms with Crippen LogP contribution in [0.3, 0.4) is 0 Å². The fraction of sp³-hybridized carbons (Fsp3) is 0.759. The first-order valence-corrected chi connectivity index (χ1v) is 13.9. The van der Waals surface area contributed by atoms with Crippen LogP contribution in [0.5, 0.6) is 0 Å². The minimum atomic E-state index is -1.07. The molecule has 8 heteroatoms. The molecular weight excluding hydrogens is 472 g/mol. The number of amides is 2. The topological polar surface area (TPSA) is 96.4 Å². The second-order valence-corrected chi connectivity index (χ2v) is 11.7. The van der Waals surface area contributed by atoms with Crippen molar-refractivity contribution >= 4 is 17.8 Å². The highest BCUT2D eigenvalue weighted by atomic mass is 16.6. The van der Waals surface area contributed by atoms with E-state index in [9.17, 15) is 19.5 Å². The number of aliphatic hydroxyl groups is 1. The maximum atomic E-state index is 14.3. The fourth-order valence-electron chi connectivity index (χ4n) is 6.61. The Bertz CT molecular complexity index is 882. The third-order valence-electron chi connectivity index (χ3n) is 8.41. The highest BCUT2D eigenvalue weighted by molar-refractivity contribution is 5.98. The van der Waals surface area contributed by atoms with Gasteiger partial charge in [-0.3, -0.25) is 14.4 Å². The number of carbonyl (C=O) groups is 3. The average molecular weight is 519 g/mol. The number of hydrogen-bond donors (Lipinski definition) is 1. The molecule has 2 bridgehead atoms. The van der Waals surface area contributed by atoms with Crippen molar-refractivity contribution in [3.05, 3.63) is 25.3 Å². The number of nitrogens with zero attached hydrogens (tertiary/aromatic N) is 2. The van der Waals surface area contributed by atoms with E-state index in [0.29, 0.717) is 45.2 Å². The summed E-state index contributed by atoms with van der Waals surface area (Å²) in [5, 5.41) is 9.35. The molecule has 8 nitrogen and oxygen atoms in total. The fourth-order valence-corrected chi connectivity index (χ4v) is 6.61. The predicted molar refractivity (Wildman–Crippen MR) is 142 cm³/mol. The molecule has 0 aromatic heterocycles. The number of hydrogen-bond acceptors (Lipinski definition) is 6. The quantitative estimate of drug-likeness (QED) is 0.214. The van der Waals surface area contributed by atoms with Crippen molar-refractivity contribution in [2.24, 2.45) is 11.8 Å². The van der Waals surface area contributed by atoms with Crippen molar-refractivity contribution in [3.63, 3.8) is 0 Å². The Morgan fingerprint density at radius 3 is 2.51 bits per heavy atom. The van der Waals surface area contributed by atoms with Gasteiger partial charge in [-0.25, -0.2) is 0 Å². The maximum Gasteiger partial charge on any atom is 0.312 e. The summed E-state index contributed by atoms with van der Waals surface area (Å²) in [4.78, 5) is 45.2. The number of ether oxygens (including phenoxy) is 2. The average Bonchev–Trinajstić information content (AvgIpc) is 3.45. The Kier molecular flexibility index (Phi) is 9.27. The van der Waals surface area contributed by atoms with Crippen molar-refractivity contribution in [1.82, 2.24) is 9.80 Å². The summed E-state index contributed by atoms with van der Waals surface area (Å²) in [7, 11) is 0. The van der Waals surface area contributed by atoms with Crippen molar-refractivity contribution in [2.75, 3.05) is 26.3 Å². The third kappa shape index (κ3) is 5.24. The lowest BCUT2D eigenvalue weighted by atomic mass is 9.65. The highest BCUT2D eigenvalue weighted by Gasteiger charge is 2.79. The molecule has 0 saturated carbocycles.